The Morgan fingerprint density at radius 2 is 2.06 bits per heavy atom. The number of benzene rings is 1. The van der Waals surface area contributed by atoms with E-state index in [0.717, 1.165) is 12.8 Å². The van der Waals surface area contributed by atoms with Crippen LogP contribution in [0, 0.1) is 5.92 Å². The van der Waals surface area contributed by atoms with Crippen LogP contribution in [0.3, 0.4) is 0 Å². The lowest BCUT2D eigenvalue weighted by molar-refractivity contribution is -0.123. The standard InChI is InChI=1S/C23H30N6O4/c1-3-5-6-13-33-20-14-17(22(31)25-4-2)7-8-19(20)29-15-18(26-27-29)23(32)28-11-9-16(10-12-28)21(24)30/h3,7-8,14-16H,1,4-6,9-13H2,2H3,(H2,24,30)(H,25,31). The smallest absolute Gasteiger partial charge is 0.276 e. The van der Waals surface area contributed by atoms with Crippen LogP contribution in [0.4, 0.5) is 0 Å². The number of likely N-dealkylation sites (tertiary alicyclic amines) is 1. The molecule has 1 fully saturated rings. The largest absolute Gasteiger partial charge is 0.491 e. The molecule has 2 heterocycles. The molecule has 0 atom stereocenters. The van der Waals surface area contributed by atoms with Gasteiger partial charge in [-0.05, 0) is 50.8 Å². The molecule has 0 radical (unpaired) electrons. The molecule has 10 heteroatoms. The first-order chi connectivity index (χ1) is 15.9. The zero-order chi connectivity index (χ0) is 23.8. The molecular weight excluding hydrogens is 424 g/mol. The summed E-state index contributed by atoms with van der Waals surface area (Å²) in [5, 5.41) is 10.9. The Bertz CT molecular complexity index is 1010. The number of hydrogen-bond donors (Lipinski definition) is 2. The summed E-state index contributed by atoms with van der Waals surface area (Å²) >= 11 is 0. The van der Waals surface area contributed by atoms with Gasteiger partial charge in [0.25, 0.3) is 11.8 Å². The monoisotopic (exact) mass is 454 g/mol. The third-order valence-corrected chi connectivity index (χ3v) is 5.51. The SMILES string of the molecule is C=CCCCOc1cc(C(=O)NCC)ccc1-n1cc(C(=O)N2CCC(C(N)=O)CC2)nn1. The van der Waals surface area contributed by atoms with Gasteiger partial charge in [0.05, 0.1) is 12.8 Å². The molecule has 1 aliphatic heterocycles. The molecule has 0 unspecified atom stereocenters. The number of nitrogens with one attached hydrogen (secondary N) is 1. The van der Waals surface area contributed by atoms with Gasteiger partial charge >= 0.3 is 0 Å². The van der Waals surface area contributed by atoms with E-state index in [4.69, 9.17) is 10.5 Å². The number of aromatic nitrogens is 3. The van der Waals surface area contributed by atoms with Crippen molar-refractivity contribution in [3.63, 3.8) is 0 Å². The highest BCUT2D eigenvalue weighted by Gasteiger charge is 2.28. The Morgan fingerprint density at radius 1 is 1.30 bits per heavy atom. The predicted octanol–water partition coefficient (Wildman–Crippen LogP) is 1.70. The van der Waals surface area contributed by atoms with Gasteiger partial charge in [-0.25, -0.2) is 4.68 Å². The zero-order valence-corrected chi connectivity index (χ0v) is 18.8. The van der Waals surface area contributed by atoms with Crippen molar-refractivity contribution in [1.82, 2.24) is 25.2 Å². The summed E-state index contributed by atoms with van der Waals surface area (Å²) in [5.41, 5.74) is 6.60. The van der Waals surface area contributed by atoms with Crippen LogP contribution in [0.1, 0.15) is 53.5 Å². The molecule has 3 amide bonds. The third-order valence-electron chi connectivity index (χ3n) is 5.51. The summed E-state index contributed by atoms with van der Waals surface area (Å²) in [6.07, 6.45) is 6.02. The molecule has 33 heavy (non-hydrogen) atoms. The maximum absolute atomic E-state index is 12.9. The Kier molecular flexibility index (Phi) is 8.17. The molecule has 3 rings (SSSR count). The summed E-state index contributed by atoms with van der Waals surface area (Å²) in [5.74, 6) is -0.516. The molecule has 1 aromatic heterocycles. The lowest BCUT2D eigenvalue weighted by Gasteiger charge is -2.29. The molecule has 0 aliphatic carbocycles. The fourth-order valence-corrected chi connectivity index (χ4v) is 3.64. The van der Waals surface area contributed by atoms with Crippen LogP contribution in [0.5, 0.6) is 5.75 Å². The van der Waals surface area contributed by atoms with Crippen molar-refractivity contribution < 1.29 is 19.1 Å². The molecular formula is C23H30N6O4. The van der Waals surface area contributed by atoms with Crippen molar-refractivity contribution in [2.75, 3.05) is 26.2 Å². The lowest BCUT2D eigenvalue weighted by atomic mass is 9.96. The number of rotatable bonds is 10. The van der Waals surface area contributed by atoms with Gasteiger partial charge in [-0.1, -0.05) is 11.3 Å². The minimum atomic E-state index is -0.329. The molecule has 0 spiro atoms. The van der Waals surface area contributed by atoms with Crippen molar-refractivity contribution in [2.24, 2.45) is 11.7 Å². The van der Waals surface area contributed by atoms with Crippen molar-refractivity contribution in [3.05, 3.63) is 48.3 Å². The van der Waals surface area contributed by atoms with Crippen LogP contribution in [0.25, 0.3) is 5.69 Å². The Morgan fingerprint density at radius 3 is 2.73 bits per heavy atom. The van der Waals surface area contributed by atoms with E-state index >= 15 is 0 Å². The number of unbranched alkanes of at least 4 members (excludes halogenated alkanes) is 1. The van der Waals surface area contributed by atoms with Crippen LogP contribution in [0.15, 0.2) is 37.1 Å². The molecule has 2 aromatic rings. The predicted molar refractivity (Wildman–Crippen MR) is 122 cm³/mol. The molecule has 1 saturated heterocycles. The molecule has 3 N–H and O–H groups in total. The molecule has 0 saturated carbocycles. The van der Waals surface area contributed by atoms with E-state index in [1.807, 2.05) is 13.0 Å². The van der Waals surface area contributed by atoms with E-state index < -0.39 is 0 Å². The average molecular weight is 455 g/mol. The van der Waals surface area contributed by atoms with Gasteiger partial charge in [0.15, 0.2) is 5.69 Å². The van der Waals surface area contributed by atoms with Gasteiger partial charge in [0.1, 0.15) is 11.4 Å². The molecule has 0 bridgehead atoms. The summed E-state index contributed by atoms with van der Waals surface area (Å²) < 4.78 is 7.39. The second-order valence-electron chi connectivity index (χ2n) is 7.84. The second-order valence-corrected chi connectivity index (χ2v) is 7.84. The van der Waals surface area contributed by atoms with Crippen molar-refractivity contribution in [1.29, 1.82) is 0 Å². The highest BCUT2D eigenvalue weighted by molar-refractivity contribution is 5.95. The van der Waals surface area contributed by atoms with Gasteiger partial charge < -0.3 is 20.7 Å². The number of primary amides is 1. The van der Waals surface area contributed by atoms with Crippen LogP contribution < -0.4 is 15.8 Å². The highest BCUT2D eigenvalue weighted by atomic mass is 16.5. The molecule has 10 nitrogen and oxygen atoms in total. The summed E-state index contributed by atoms with van der Waals surface area (Å²) in [6, 6.07) is 5.05. The maximum Gasteiger partial charge on any atom is 0.276 e. The second kappa shape index (κ2) is 11.3. The molecule has 1 aliphatic rings. The summed E-state index contributed by atoms with van der Waals surface area (Å²) in [7, 11) is 0. The number of allylic oxidation sites excluding steroid dienone is 1. The fourth-order valence-electron chi connectivity index (χ4n) is 3.64. The van der Waals surface area contributed by atoms with E-state index in [1.54, 1.807) is 29.3 Å². The maximum atomic E-state index is 12.9. The summed E-state index contributed by atoms with van der Waals surface area (Å²) in [6.45, 7) is 7.40. The summed E-state index contributed by atoms with van der Waals surface area (Å²) in [4.78, 5) is 38.1. The fraction of sp³-hybridized carbons (Fsp3) is 0.435. The Hall–Kier alpha value is -3.69. The number of hydrogen-bond acceptors (Lipinski definition) is 6. The first-order valence-corrected chi connectivity index (χ1v) is 11.1. The lowest BCUT2D eigenvalue weighted by Crippen LogP contribution is -2.41. The van der Waals surface area contributed by atoms with E-state index in [0.29, 0.717) is 56.1 Å². The van der Waals surface area contributed by atoms with Crippen LogP contribution in [-0.2, 0) is 4.79 Å². The van der Waals surface area contributed by atoms with E-state index in [9.17, 15) is 14.4 Å². The highest BCUT2D eigenvalue weighted by Crippen LogP contribution is 2.25. The minimum absolute atomic E-state index is 0.193. The van der Waals surface area contributed by atoms with Crippen molar-refractivity contribution >= 4 is 17.7 Å². The van der Waals surface area contributed by atoms with E-state index in [-0.39, 0.29) is 29.3 Å². The Balaban J connectivity index is 1.79. The number of nitrogens with two attached hydrogens (primary N) is 1. The van der Waals surface area contributed by atoms with Crippen molar-refractivity contribution in [2.45, 2.75) is 32.6 Å². The van der Waals surface area contributed by atoms with E-state index in [2.05, 4.69) is 22.2 Å². The quantitative estimate of drug-likeness (QED) is 0.415. The Labute approximate surface area is 192 Å². The van der Waals surface area contributed by atoms with Gasteiger partial charge in [0.2, 0.25) is 5.91 Å². The van der Waals surface area contributed by atoms with Crippen molar-refractivity contribution in [3.8, 4) is 11.4 Å². The topological polar surface area (TPSA) is 132 Å². The third kappa shape index (κ3) is 5.97. The molecule has 176 valence electrons. The van der Waals surface area contributed by atoms with Crippen LogP contribution in [0.2, 0.25) is 0 Å². The van der Waals surface area contributed by atoms with Crippen LogP contribution in [-0.4, -0.2) is 63.9 Å². The average Bonchev–Trinajstić information content (AvgIpc) is 3.31. The number of piperidine rings is 1. The number of nitrogens with zero attached hydrogens (tertiary/aromatic N) is 4. The van der Waals surface area contributed by atoms with E-state index in [1.165, 1.54) is 4.68 Å². The zero-order valence-electron chi connectivity index (χ0n) is 18.8. The first-order valence-electron chi connectivity index (χ1n) is 11.1. The van der Waals surface area contributed by atoms with Gasteiger partial charge in [0, 0.05) is 31.1 Å². The van der Waals surface area contributed by atoms with Gasteiger partial charge in [-0.3, -0.25) is 14.4 Å². The first kappa shape index (κ1) is 24.0. The number of carbonyl (C=O) groups excluding carboxylic acids is 3. The van der Waals surface area contributed by atoms with Crippen LogP contribution >= 0.6 is 0 Å². The number of ether oxygens (including phenoxy) is 1. The number of carbonyl (C=O) groups is 3. The number of amides is 3. The molecule has 1 aromatic carbocycles. The normalized spacial score (nSPS) is 14.0. The van der Waals surface area contributed by atoms with Gasteiger partial charge in [-0.2, -0.15) is 0 Å². The van der Waals surface area contributed by atoms with Gasteiger partial charge in [-0.15, -0.1) is 11.7 Å². The minimum Gasteiger partial charge on any atom is -0.491 e.